The molecule has 0 saturated heterocycles. The Hall–Kier alpha value is -3.54. The van der Waals surface area contributed by atoms with Crippen molar-refractivity contribution in [3.8, 4) is 5.75 Å². The molecule has 3 aromatic rings. The third kappa shape index (κ3) is 5.04. The van der Waals surface area contributed by atoms with Crippen molar-refractivity contribution in [2.24, 2.45) is 0 Å². The average Bonchev–Trinajstić information content (AvgIpc) is 3.26. The zero-order valence-corrected chi connectivity index (χ0v) is 16.8. The number of benzene rings is 2. The van der Waals surface area contributed by atoms with Crippen molar-refractivity contribution in [2.75, 3.05) is 19.0 Å². The van der Waals surface area contributed by atoms with E-state index in [2.05, 4.69) is 5.32 Å². The first kappa shape index (κ1) is 20.2. The maximum Gasteiger partial charge on any atom is 0.291 e. The number of hydrogen-bond donors (Lipinski definition) is 1. The summed E-state index contributed by atoms with van der Waals surface area (Å²) in [7, 11) is 1.75. The molecule has 0 aliphatic carbocycles. The molecule has 0 aliphatic rings. The van der Waals surface area contributed by atoms with Crippen LogP contribution in [0.1, 0.15) is 39.0 Å². The van der Waals surface area contributed by atoms with E-state index >= 15 is 0 Å². The largest absolute Gasteiger partial charge is 0.494 e. The summed E-state index contributed by atoms with van der Waals surface area (Å²) in [6, 6.07) is 16.2. The molecule has 0 bridgehead atoms. The third-order valence-electron chi connectivity index (χ3n) is 4.48. The highest BCUT2D eigenvalue weighted by Crippen LogP contribution is 2.20. The summed E-state index contributed by atoms with van der Waals surface area (Å²) >= 11 is 0. The van der Waals surface area contributed by atoms with Crippen molar-refractivity contribution in [1.82, 2.24) is 4.90 Å². The second-order valence-electron chi connectivity index (χ2n) is 6.70. The van der Waals surface area contributed by atoms with E-state index in [1.54, 1.807) is 36.2 Å². The first-order chi connectivity index (χ1) is 14.0. The quantitative estimate of drug-likeness (QED) is 0.642. The number of nitrogens with zero attached hydrogens (tertiary/aromatic N) is 1. The second-order valence-corrected chi connectivity index (χ2v) is 6.70. The molecular weight excluding hydrogens is 368 g/mol. The monoisotopic (exact) mass is 392 g/mol. The maximum absolute atomic E-state index is 12.9. The molecule has 2 amide bonds. The number of nitrogens with one attached hydrogen (secondary N) is 1. The Morgan fingerprint density at radius 2 is 1.86 bits per heavy atom. The molecule has 0 fully saturated rings. The number of rotatable bonds is 7. The summed E-state index contributed by atoms with van der Waals surface area (Å²) in [4.78, 5) is 26.8. The summed E-state index contributed by atoms with van der Waals surface area (Å²) in [6.07, 6.45) is 1.44. The molecule has 1 aromatic heterocycles. The molecule has 0 spiro atoms. The van der Waals surface area contributed by atoms with E-state index in [0.717, 1.165) is 16.9 Å². The lowest BCUT2D eigenvalue weighted by molar-refractivity contribution is 0.0784. The van der Waals surface area contributed by atoms with Gasteiger partial charge >= 0.3 is 0 Å². The van der Waals surface area contributed by atoms with Crippen LogP contribution in [0.25, 0.3) is 0 Å². The number of carbonyl (C=O) groups excluding carboxylic acids is 2. The minimum atomic E-state index is -0.356. The fraction of sp³-hybridized carbons (Fsp3) is 0.217. The molecule has 6 nitrogen and oxygen atoms in total. The van der Waals surface area contributed by atoms with Crippen LogP contribution in [0.3, 0.4) is 0 Å². The molecule has 0 atom stereocenters. The van der Waals surface area contributed by atoms with Gasteiger partial charge in [0.1, 0.15) is 5.75 Å². The Bertz CT molecular complexity index is 979. The molecule has 6 heteroatoms. The van der Waals surface area contributed by atoms with E-state index in [4.69, 9.17) is 9.15 Å². The highest BCUT2D eigenvalue weighted by molar-refractivity contribution is 6.03. The van der Waals surface area contributed by atoms with Gasteiger partial charge in [0.15, 0.2) is 5.76 Å². The topological polar surface area (TPSA) is 71.8 Å². The Balaban J connectivity index is 1.70. The first-order valence-electron chi connectivity index (χ1n) is 9.40. The molecule has 0 radical (unpaired) electrons. The highest BCUT2D eigenvalue weighted by atomic mass is 16.5. The lowest BCUT2D eigenvalue weighted by Gasteiger charge is -2.18. The SMILES string of the molecule is CCOc1ccc(CN(C)C(=O)c2ccc(C)c(NC(=O)c3ccco3)c2)cc1. The number of amides is 2. The Kier molecular flexibility index (Phi) is 6.34. The Morgan fingerprint density at radius 3 is 2.52 bits per heavy atom. The molecule has 150 valence electrons. The summed E-state index contributed by atoms with van der Waals surface area (Å²) in [6.45, 7) is 4.89. The molecular formula is C23H24N2O4. The van der Waals surface area contributed by atoms with Crippen molar-refractivity contribution in [3.05, 3.63) is 83.3 Å². The summed E-state index contributed by atoms with van der Waals surface area (Å²) < 4.78 is 10.6. The van der Waals surface area contributed by atoms with Crippen LogP contribution in [0.2, 0.25) is 0 Å². The van der Waals surface area contributed by atoms with Crippen molar-refractivity contribution >= 4 is 17.5 Å². The van der Waals surface area contributed by atoms with Crippen LogP contribution in [0, 0.1) is 6.92 Å². The molecule has 0 aliphatic heterocycles. The van der Waals surface area contributed by atoms with Crippen molar-refractivity contribution in [3.63, 3.8) is 0 Å². The van der Waals surface area contributed by atoms with Crippen LogP contribution in [0.4, 0.5) is 5.69 Å². The molecule has 3 rings (SSSR count). The number of hydrogen-bond acceptors (Lipinski definition) is 4. The predicted octanol–water partition coefficient (Wildman–Crippen LogP) is 4.51. The van der Waals surface area contributed by atoms with Gasteiger partial charge in [-0.05, 0) is 61.4 Å². The molecule has 1 N–H and O–H groups in total. The Labute approximate surface area is 170 Å². The van der Waals surface area contributed by atoms with Crippen molar-refractivity contribution in [2.45, 2.75) is 20.4 Å². The van der Waals surface area contributed by atoms with Gasteiger partial charge in [-0.25, -0.2) is 0 Å². The van der Waals surface area contributed by atoms with Gasteiger partial charge in [0.05, 0.1) is 12.9 Å². The molecule has 29 heavy (non-hydrogen) atoms. The van der Waals surface area contributed by atoms with Crippen LogP contribution in [-0.4, -0.2) is 30.4 Å². The summed E-state index contributed by atoms with van der Waals surface area (Å²) in [5.41, 5.74) is 2.93. The van der Waals surface area contributed by atoms with Crippen LogP contribution in [0.5, 0.6) is 5.75 Å². The number of aryl methyl sites for hydroxylation is 1. The highest BCUT2D eigenvalue weighted by Gasteiger charge is 2.16. The number of ether oxygens (including phenoxy) is 1. The Morgan fingerprint density at radius 1 is 1.10 bits per heavy atom. The van der Waals surface area contributed by atoms with Gasteiger partial charge in [-0.3, -0.25) is 9.59 Å². The van der Waals surface area contributed by atoms with Gasteiger partial charge in [0.2, 0.25) is 0 Å². The van der Waals surface area contributed by atoms with Gasteiger partial charge in [-0.2, -0.15) is 0 Å². The normalized spacial score (nSPS) is 10.4. The molecule has 0 unspecified atom stereocenters. The van der Waals surface area contributed by atoms with Crippen LogP contribution >= 0.6 is 0 Å². The molecule has 2 aromatic carbocycles. The molecule has 0 saturated carbocycles. The van der Waals surface area contributed by atoms with E-state index in [0.29, 0.717) is 24.4 Å². The van der Waals surface area contributed by atoms with E-state index in [9.17, 15) is 9.59 Å². The lowest BCUT2D eigenvalue weighted by Crippen LogP contribution is -2.26. The second kappa shape index (κ2) is 9.10. The number of carbonyl (C=O) groups is 2. The van der Waals surface area contributed by atoms with Crippen molar-refractivity contribution in [1.29, 1.82) is 0 Å². The predicted molar refractivity (Wildman–Crippen MR) is 111 cm³/mol. The van der Waals surface area contributed by atoms with Gasteiger partial charge in [0.25, 0.3) is 11.8 Å². The third-order valence-corrected chi connectivity index (χ3v) is 4.48. The maximum atomic E-state index is 12.9. The van der Waals surface area contributed by atoms with Gasteiger partial charge < -0.3 is 19.4 Å². The molecule has 1 heterocycles. The van der Waals surface area contributed by atoms with E-state index in [1.165, 1.54) is 6.26 Å². The van der Waals surface area contributed by atoms with Gasteiger partial charge in [-0.15, -0.1) is 0 Å². The number of anilines is 1. The van der Waals surface area contributed by atoms with E-state index < -0.39 is 0 Å². The zero-order valence-electron chi connectivity index (χ0n) is 16.8. The van der Waals surface area contributed by atoms with Gasteiger partial charge in [-0.1, -0.05) is 18.2 Å². The fourth-order valence-electron chi connectivity index (χ4n) is 2.91. The fourth-order valence-corrected chi connectivity index (χ4v) is 2.91. The van der Waals surface area contributed by atoms with Crippen LogP contribution in [-0.2, 0) is 6.54 Å². The van der Waals surface area contributed by atoms with Crippen LogP contribution in [0.15, 0.2) is 65.3 Å². The minimum Gasteiger partial charge on any atom is -0.494 e. The lowest BCUT2D eigenvalue weighted by atomic mass is 10.1. The summed E-state index contributed by atoms with van der Waals surface area (Å²) in [5.74, 6) is 0.535. The van der Waals surface area contributed by atoms with Crippen molar-refractivity contribution < 1.29 is 18.7 Å². The average molecular weight is 392 g/mol. The zero-order chi connectivity index (χ0) is 20.8. The minimum absolute atomic E-state index is 0.132. The van der Waals surface area contributed by atoms with Crippen LogP contribution < -0.4 is 10.1 Å². The first-order valence-corrected chi connectivity index (χ1v) is 9.40. The smallest absolute Gasteiger partial charge is 0.291 e. The number of furan rings is 1. The van der Waals surface area contributed by atoms with E-state index in [1.807, 2.05) is 44.2 Å². The summed E-state index contributed by atoms with van der Waals surface area (Å²) in [5, 5.41) is 2.80. The standard InChI is InChI=1S/C23H24N2O4/c1-4-28-19-11-8-17(9-12-19)15-25(3)23(27)18-10-7-16(2)20(14-18)24-22(26)21-6-5-13-29-21/h5-14H,4,15H2,1-3H3,(H,24,26). The van der Waals surface area contributed by atoms with E-state index in [-0.39, 0.29) is 17.6 Å². The van der Waals surface area contributed by atoms with Gasteiger partial charge in [0, 0.05) is 24.8 Å².